The van der Waals surface area contributed by atoms with Crippen molar-refractivity contribution in [2.24, 2.45) is 10.9 Å². The Labute approximate surface area is 328 Å². The summed E-state index contributed by atoms with van der Waals surface area (Å²) in [4.78, 5) is 25.2. The average Bonchev–Trinajstić information content (AvgIpc) is 3.57. The summed E-state index contributed by atoms with van der Waals surface area (Å²) in [5.41, 5.74) is 7.25. The molecule has 0 aromatic heterocycles. The molecule has 0 radical (unpaired) electrons. The quantitative estimate of drug-likeness (QED) is 0.129. The van der Waals surface area contributed by atoms with E-state index in [4.69, 9.17) is 37.9 Å². The summed E-state index contributed by atoms with van der Waals surface area (Å²) >= 11 is 12.5. The molecule has 282 valence electrons. The Kier molecular flexibility index (Phi) is 10.6. The lowest BCUT2D eigenvalue weighted by molar-refractivity contribution is -0.121. The molecule has 2 fully saturated rings. The van der Waals surface area contributed by atoms with E-state index in [1.807, 2.05) is 72.8 Å². The van der Waals surface area contributed by atoms with E-state index in [0.29, 0.717) is 53.5 Å². The Bertz CT molecular complexity index is 2370. The molecule has 4 aromatic carbocycles. The number of aliphatic hydroxyl groups excluding tert-OH is 1. The van der Waals surface area contributed by atoms with Crippen molar-refractivity contribution in [1.82, 2.24) is 14.9 Å². The zero-order valence-electron chi connectivity index (χ0n) is 30.1. The number of ether oxygens (including phenoxy) is 1. The van der Waals surface area contributed by atoms with Crippen molar-refractivity contribution in [3.8, 4) is 17.1 Å². The maximum atomic E-state index is 15.6. The van der Waals surface area contributed by atoms with Gasteiger partial charge in [-0.1, -0.05) is 35.3 Å². The van der Waals surface area contributed by atoms with Crippen LogP contribution in [0.1, 0.15) is 19.8 Å². The van der Waals surface area contributed by atoms with Gasteiger partial charge in [-0.2, -0.15) is 0 Å². The van der Waals surface area contributed by atoms with Crippen LogP contribution < -0.4 is 25.8 Å². The highest BCUT2D eigenvalue weighted by atomic mass is 35.5. The highest BCUT2D eigenvalue weighted by Crippen LogP contribution is 2.33. The number of fused-ring (bicyclic) bond motifs is 2. The smallest absolute Gasteiger partial charge is 0.238 e. The van der Waals surface area contributed by atoms with Gasteiger partial charge in [0.15, 0.2) is 0 Å². The number of halogens is 3. The van der Waals surface area contributed by atoms with Crippen molar-refractivity contribution in [3.63, 3.8) is 0 Å². The van der Waals surface area contributed by atoms with Crippen molar-refractivity contribution < 1.29 is 19.0 Å². The van der Waals surface area contributed by atoms with Crippen LogP contribution in [-0.4, -0.2) is 65.8 Å². The molecule has 13 heteroatoms. The van der Waals surface area contributed by atoms with Gasteiger partial charge in [-0.3, -0.25) is 9.79 Å². The number of carbonyl (C=O) groups is 1. The van der Waals surface area contributed by atoms with Gasteiger partial charge in [0.2, 0.25) is 12.3 Å². The number of carbonyl (C=O) groups excluding carboxylic acids is 1. The van der Waals surface area contributed by atoms with Gasteiger partial charge in [0.25, 0.3) is 0 Å². The molecule has 3 heterocycles. The van der Waals surface area contributed by atoms with Crippen molar-refractivity contribution >= 4 is 62.9 Å². The number of para-hydroxylation sites is 2. The number of piperidine rings is 1. The van der Waals surface area contributed by atoms with Crippen LogP contribution in [0.5, 0.6) is 0 Å². The molecule has 8 rings (SSSR count). The number of nitrogens with zero attached hydrogens (tertiary/aromatic N) is 5. The molecular formula is C42H40Cl2FN7O3. The van der Waals surface area contributed by atoms with Gasteiger partial charge in [-0.25, -0.2) is 9.37 Å². The normalized spacial score (nSPS) is 18.0. The Hall–Kier alpha value is -5.20. The molecular weight excluding hydrogens is 740 g/mol. The summed E-state index contributed by atoms with van der Waals surface area (Å²) in [6.45, 7) is 4.00. The molecule has 55 heavy (non-hydrogen) atoms. The average molecular weight is 781 g/mol. The van der Waals surface area contributed by atoms with Crippen LogP contribution in [0.4, 0.5) is 27.1 Å². The van der Waals surface area contributed by atoms with Crippen LogP contribution in [0.2, 0.25) is 10.0 Å². The molecule has 2 saturated heterocycles. The predicted molar refractivity (Wildman–Crippen MR) is 216 cm³/mol. The van der Waals surface area contributed by atoms with Crippen molar-refractivity contribution in [1.29, 1.82) is 0 Å². The van der Waals surface area contributed by atoms with E-state index < -0.39 is 12.5 Å². The number of hydrogen-bond donors (Lipinski definition) is 3. The molecule has 3 aliphatic heterocycles. The van der Waals surface area contributed by atoms with Crippen LogP contribution in [0.25, 0.3) is 28.1 Å². The van der Waals surface area contributed by atoms with E-state index in [1.165, 1.54) is 13.0 Å². The lowest BCUT2D eigenvalue weighted by atomic mass is 9.96. The summed E-state index contributed by atoms with van der Waals surface area (Å²) in [7, 11) is 0. The molecule has 10 nitrogen and oxygen atoms in total. The third kappa shape index (κ3) is 8.11. The first-order valence-corrected chi connectivity index (χ1v) is 19.1. The number of anilines is 4. The van der Waals surface area contributed by atoms with E-state index in [-0.39, 0.29) is 18.3 Å². The summed E-state index contributed by atoms with van der Waals surface area (Å²) in [5.74, 6) is -0.237. The van der Waals surface area contributed by atoms with Crippen molar-refractivity contribution in [2.45, 2.75) is 32.3 Å². The first-order chi connectivity index (χ1) is 26.7. The SMILES string of the molecule is CC(=O)NC[C@H]1CN(c2ccc(N3CCC(CN=c4cc5n(-c6ccc(Cl)cc6)c6ccccc6nc-5cc4Nc4ccc(Cl)cc4)CC3)c(F)c2)[C@@H](O)O1. The van der Waals surface area contributed by atoms with Crippen LogP contribution in [0, 0.1) is 11.7 Å². The highest BCUT2D eigenvalue weighted by molar-refractivity contribution is 6.30. The molecule has 0 saturated carbocycles. The number of aromatic nitrogens is 2. The lowest BCUT2D eigenvalue weighted by Crippen LogP contribution is -2.35. The number of hydrogen-bond acceptors (Lipinski definition) is 8. The molecule has 1 amide bonds. The van der Waals surface area contributed by atoms with Gasteiger partial charge in [-0.15, -0.1) is 0 Å². The van der Waals surface area contributed by atoms with Crippen LogP contribution in [0.15, 0.2) is 108 Å². The Morgan fingerprint density at radius 2 is 1.65 bits per heavy atom. The summed E-state index contributed by atoms with van der Waals surface area (Å²) < 4.78 is 23.3. The summed E-state index contributed by atoms with van der Waals surface area (Å²) in [6.07, 6.45) is 0.0780. The predicted octanol–water partition coefficient (Wildman–Crippen LogP) is 7.75. The molecule has 3 N–H and O–H groups in total. The summed E-state index contributed by atoms with van der Waals surface area (Å²) in [6, 6.07) is 32.6. The van der Waals surface area contributed by atoms with E-state index in [9.17, 15) is 9.90 Å². The molecule has 1 aliphatic carbocycles. The van der Waals surface area contributed by atoms with Crippen molar-refractivity contribution in [2.75, 3.05) is 47.8 Å². The molecule has 4 aromatic rings. The minimum atomic E-state index is -1.22. The van der Waals surface area contributed by atoms with E-state index in [0.717, 1.165) is 57.7 Å². The van der Waals surface area contributed by atoms with Gasteiger partial charge >= 0.3 is 0 Å². The first kappa shape index (κ1) is 36.8. The Morgan fingerprint density at radius 3 is 2.38 bits per heavy atom. The van der Waals surface area contributed by atoms with Crippen LogP contribution >= 0.6 is 23.2 Å². The third-order valence-electron chi connectivity index (χ3n) is 10.2. The van der Waals surface area contributed by atoms with Gasteiger partial charge < -0.3 is 34.8 Å². The van der Waals surface area contributed by atoms with E-state index in [2.05, 4.69) is 32.2 Å². The Balaban J connectivity index is 1.04. The van der Waals surface area contributed by atoms with Crippen LogP contribution in [0.3, 0.4) is 0 Å². The fourth-order valence-corrected chi connectivity index (χ4v) is 7.60. The highest BCUT2D eigenvalue weighted by Gasteiger charge is 2.32. The molecule has 4 aliphatic rings. The molecule has 2 atom stereocenters. The molecule has 0 bridgehead atoms. The fourth-order valence-electron chi connectivity index (χ4n) is 7.35. The topological polar surface area (TPSA) is 107 Å². The zero-order valence-corrected chi connectivity index (χ0v) is 31.6. The second-order valence-corrected chi connectivity index (χ2v) is 14.9. The second-order valence-electron chi connectivity index (χ2n) is 14.0. The Morgan fingerprint density at radius 1 is 0.945 bits per heavy atom. The van der Waals surface area contributed by atoms with Gasteiger partial charge in [0.1, 0.15) is 5.82 Å². The zero-order chi connectivity index (χ0) is 38.1. The number of benzene rings is 5. The van der Waals surface area contributed by atoms with E-state index >= 15 is 4.39 Å². The number of amides is 1. The van der Waals surface area contributed by atoms with Gasteiger partial charge in [0, 0.05) is 60.2 Å². The van der Waals surface area contributed by atoms with Crippen molar-refractivity contribution in [3.05, 3.63) is 124 Å². The first-order valence-electron chi connectivity index (χ1n) is 18.3. The van der Waals surface area contributed by atoms with Gasteiger partial charge in [0.05, 0.1) is 51.8 Å². The van der Waals surface area contributed by atoms with E-state index in [1.54, 1.807) is 17.0 Å². The van der Waals surface area contributed by atoms with Gasteiger partial charge in [-0.05, 0) is 110 Å². The number of nitrogens with one attached hydrogen (secondary N) is 2. The summed E-state index contributed by atoms with van der Waals surface area (Å²) in [5, 5.41) is 18.8. The molecule has 0 spiro atoms. The second kappa shape index (κ2) is 15.9. The largest absolute Gasteiger partial charge is 0.369 e. The van der Waals surface area contributed by atoms with Crippen LogP contribution in [-0.2, 0) is 9.53 Å². The molecule has 0 unspecified atom stereocenters. The maximum Gasteiger partial charge on any atom is 0.238 e. The number of aliphatic hydroxyl groups is 1. The monoisotopic (exact) mass is 779 g/mol. The standard InChI is InChI=1S/C42H40Cl2FN7O3/c1-26(53)46-24-33-25-51(42(54)55-33)32-14-15-39(34(45)20-32)50-18-16-27(17-19-50)23-47-36-22-41-38(21-37(36)48-30-10-6-28(43)7-11-30)49-35-4-2-3-5-40(35)52(41)31-12-8-29(44)9-13-31/h2-15,20-22,27,33,42,48,54H,16-19,23-25H2,1H3,(H,46,53)/t33-,42-/m0/s1. The minimum Gasteiger partial charge on any atom is -0.369 e. The lowest BCUT2D eigenvalue weighted by Gasteiger charge is -2.33. The fraction of sp³-hybridized carbons (Fsp3) is 0.262. The minimum absolute atomic E-state index is 0.178. The maximum absolute atomic E-state index is 15.6. The third-order valence-corrected chi connectivity index (χ3v) is 10.7. The number of rotatable bonds is 9.